The third kappa shape index (κ3) is 4.83. The number of hydrazine groups is 1. The molecule has 0 aliphatic carbocycles. The van der Waals surface area contributed by atoms with E-state index in [1.807, 2.05) is 5.01 Å². The molecule has 37 heavy (non-hydrogen) atoms. The van der Waals surface area contributed by atoms with Crippen molar-refractivity contribution in [2.45, 2.75) is 49.9 Å². The van der Waals surface area contributed by atoms with E-state index >= 15 is 0 Å². The molecule has 1 unspecified atom stereocenters. The highest BCUT2D eigenvalue weighted by atomic mass is 35.5. The summed E-state index contributed by atoms with van der Waals surface area (Å²) in [6.45, 7) is 5.03. The van der Waals surface area contributed by atoms with Crippen LogP contribution in [0.1, 0.15) is 61.1 Å². The van der Waals surface area contributed by atoms with Crippen molar-refractivity contribution in [1.29, 1.82) is 0 Å². The Morgan fingerprint density at radius 1 is 0.730 bits per heavy atom. The van der Waals surface area contributed by atoms with E-state index in [9.17, 15) is 4.79 Å². The lowest BCUT2D eigenvalue weighted by molar-refractivity contribution is -0.125. The van der Waals surface area contributed by atoms with Crippen LogP contribution in [0.15, 0.2) is 84.9 Å². The number of hydrogen-bond donors (Lipinski definition) is 0. The van der Waals surface area contributed by atoms with E-state index in [-0.39, 0.29) is 18.3 Å². The van der Waals surface area contributed by atoms with Gasteiger partial charge in [0.05, 0.1) is 5.69 Å². The molecule has 1 amide bonds. The minimum atomic E-state index is -0.633. The van der Waals surface area contributed by atoms with E-state index in [0.717, 1.165) is 63.2 Å². The molecule has 3 aromatic carbocycles. The molecule has 0 radical (unpaired) electrons. The van der Waals surface area contributed by atoms with Crippen molar-refractivity contribution in [3.63, 3.8) is 0 Å². The van der Waals surface area contributed by atoms with Crippen LogP contribution in [0.2, 0.25) is 0 Å². The first kappa shape index (κ1) is 26.0. The second-order valence-electron chi connectivity index (χ2n) is 10.7. The number of piperidine rings is 2. The van der Waals surface area contributed by atoms with E-state index in [1.165, 1.54) is 30.4 Å². The number of fused-ring (bicyclic) bond motifs is 1. The van der Waals surface area contributed by atoms with Gasteiger partial charge in [0.15, 0.2) is 0 Å². The zero-order valence-corrected chi connectivity index (χ0v) is 22.4. The number of carbonyl (C=O) groups is 1. The molecule has 3 heterocycles. The van der Waals surface area contributed by atoms with E-state index in [2.05, 4.69) is 94.8 Å². The summed E-state index contributed by atoms with van der Waals surface area (Å²) < 4.78 is 0. The first-order chi connectivity index (χ1) is 17.8. The fourth-order valence-electron chi connectivity index (χ4n) is 6.71. The standard InChI is InChI=1S/C32H37N3O.ClH/c36-31-32(28-14-6-2-7-15-28,20-25-33-23-18-27(19-24-33)26-12-4-1-5-13-26)29-16-8-9-17-30(29)35(31)34-21-10-3-11-22-34;/h1-2,4-9,12-17,27H,3,10-11,18-25H2;1H. The average Bonchev–Trinajstić information content (AvgIpc) is 3.22. The monoisotopic (exact) mass is 515 g/mol. The van der Waals surface area contributed by atoms with Crippen LogP contribution in [-0.2, 0) is 10.2 Å². The highest BCUT2D eigenvalue weighted by Gasteiger charge is 2.53. The van der Waals surface area contributed by atoms with Crippen LogP contribution in [0.4, 0.5) is 5.69 Å². The van der Waals surface area contributed by atoms with Gasteiger partial charge in [0.25, 0.3) is 5.91 Å². The second kappa shape index (κ2) is 11.4. The average molecular weight is 516 g/mol. The number of rotatable bonds is 6. The van der Waals surface area contributed by atoms with Gasteiger partial charge in [0.2, 0.25) is 0 Å². The molecule has 1 atom stereocenters. The van der Waals surface area contributed by atoms with Crippen LogP contribution >= 0.6 is 12.4 Å². The number of nitrogens with zero attached hydrogens (tertiary/aromatic N) is 3. The lowest BCUT2D eigenvalue weighted by Crippen LogP contribution is -2.52. The zero-order valence-electron chi connectivity index (χ0n) is 21.6. The number of carbonyl (C=O) groups excluding carboxylic acids is 1. The topological polar surface area (TPSA) is 26.8 Å². The van der Waals surface area contributed by atoms with Gasteiger partial charge in [0.1, 0.15) is 5.41 Å². The SMILES string of the molecule is Cl.O=C1N(N2CCCCC2)c2ccccc2C1(CCN1CCC(c2ccccc2)CC1)c1ccccc1. The fourth-order valence-corrected chi connectivity index (χ4v) is 6.71. The highest BCUT2D eigenvalue weighted by molar-refractivity contribution is 6.09. The Labute approximate surface area is 227 Å². The number of halogens is 1. The summed E-state index contributed by atoms with van der Waals surface area (Å²) in [4.78, 5) is 17.1. The third-order valence-electron chi connectivity index (χ3n) is 8.69. The second-order valence-corrected chi connectivity index (χ2v) is 10.7. The highest BCUT2D eigenvalue weighted by Crippen LogP contribution is 2.49. The van der Waals surface area contributed by atoms with Gasteiger partial charge in [-0.2, -0.15) is 0 Å². The van der Waals surface area contributed by atoms with Crippen LogP contribution in [0.3, 0.4) is 0 Å². The van der Waals surface area contributed by atoms with Gasteiger partial charge in [-0.25, -0.2) is 10.0 Å². The van der Waals surface area contributed by atoms with Crippen molar-refractivity contribution >= 4 is 24.0 Å². The van der Waals surface area contributed by atoms with Crippen molar-refractivity contribution in [3.05, 3.63) is 102 Å². The van der Waals surface area contributed by atoms with E-state index < -0.39 is 5.41 Å². The third-order valence-corrected chi connectivity index (χ3v) is 8.69. The summed E-state index contributed by atoms with van der Waals surface area (Å²) in [5.74, 6) is 0.880. The van der Waals surface area contributed by atoms with Crippen LogP contribution in [-0.4, -0.2) is 48.5 Å². The van der Waals surface area contributed by atoms with Gasteiger partial charge in [-0.15, -0.1) is 12.4 Å². The van der Waals surface area contributed by atoms with Crippen molar-refractivity contribution in [2.75, 3.05) is 37.7 Å². The van der Waals surface area contributed by atoms with Crippen LogP contribution in [0.25, 0.3) is 0 Å². The maximum Gasteiger partial charge on any atom is 0.256 e. The lowest BCUT2D eigenvalue weighted by Gasteiger charge is -2.38. The molecule has 2 saturated heterocycles. The summed E-state index contributed by atoms with van der Waals surface area (Å²) >= 11 is 0. The van der Waals surface area contributed by atoms with Gasteiger partial charge in [0, 0.05) is 13.1 Å². The molecule has 0 saturated carbocycles. The van der Waals surface area contributed by atoms with Gasteiger partial charge in [-0.05, 0) is 80.4 Å². The normalized spacial score (nSPS) is 23.0. The summed E-state index contributed by atoms with van der Waals surface area (Å²) in [6.07, 6.45) is 6.75. The molecule has 0 bridgehead atoms. The van der Waals surface area contributed by atoms with Gasteiger partial charge < -0.3 is 4.90 Å². The van der Waals surface area contributed by atoms with E-state index in [1.54, 1.807) is 0 Å². The Morgan fingerprint density at radius 2 is 1.35 bits per heavy atom. The maximum atomic E-state index is 14.6. The molecule has 6 rings (SSSR count). The smallest absolute Gasteiger partial charge is 0.256 e. The Morgan fingerprint density at radius 3 is 2.05 bits per heavy atom. The number of likely N-dealkylation sites (tertiary alicyclic amines) is 1. The van der Waals surface area contributed by atoms with Crippen LogP contribution in [0, 0.1) is 0 Å². The molecule has 0 aromatic heterocycles. The van der Waals surface area contributed by atoms with Gasteiger partial charge in [-0.1, -0.05) is 85.3 Å². The fraction of sp³-hybridized carbons (Fsp3) is 0.406. The predicted octanol–water partition coefficient (Wildman–Crippen LogP) is 6.41. The summed E-state index contributed by atoms with van der Waals surface area (Å²) in [5.41, 5.74) is 4.21. The zero-order chi connectivity index (χ0) is 24.4. The molecule has 0 spiro atoms. The molecule has 4 nitrogen and oxygen atoms in total. The molecular formula is C32H38ClN3O. The molecule has 3 aliphatic heterocycles. The van der Waals surface area contributed by atoms with E-state index in [0.29, 0.717) is 5.92 Å². The van der Waals surface area contributed by atoms with Gasteiger partial charge >= 0.3 is 0 Å². The number of para-hydroxylation sites is 1. The van der Waals surface area contributed by atoms with E-state index in [4.69, 9.17) is 0 Å². The quantitative estimate of drug-likeness (QED) is 0.379. The predicted molar refractivity (Wildman–Crippen MR) is 153 cm³/mol. The summed E-state index contributed by atoms with van der Waals surface area (Å²) in [6, 6.07) is 30.0. The lowest BCUT2D eigenvalue weighted by atomic mass is 9.72. The van der Waals surface area contributed by atoms with Gasteiger partial charge in [-0.3, -0.25) is 4.79 Å². The number of anilines is 1. The van der Waals surface area contributed by atoms with Crippen molar-refractivity contribution < 1.29 is 4.79 Å². The number of hydrogen-bond acceptors (Lipinski definition) is 3. The minimum Gasteiger partial charge on any atom is -0.303 e. The molecule has 194 valence electrons. The molecule has 2 fully saturated rings. The Balaban J connectivity index is 0.00000280. The number of amides is 1. The van der Waals surface area contributed by atoms with Crippen molar-refractivity contribution in [2.24, 2.45) is 0 Å². The molecule has 5 heteroatoms. The Kier molecular flexibility index (Phi) is 7.99. The Bertz CT molecular complexity index is 1170. The number of benzene rings is 3. The summed E-state index contributed by atoms with van der Waals surface area (Å²) in [7, 11) is 0. The molecule has 0 N–H and O–H groups in total. The van der Waals surface area contributed by atoms with Crippen molar-refractivity contribution in [1.82, 2.24) is 9.91 Å². The van der Waals surface area contributed by atoms with Crippen LogP contribution in [0.5, 0.6) is 0 Å². The first-order valence-electron chi connectivity index (χ1n) is 13.8. The molecule has 3 aromatic rings. The van der Waals surface area contributed by atoms with Crippen LogP contribution < -0.4 is 5.01 Å². The van der Waals surface area contributed by atoms with Crippen molar-refractivity contribution in [3.8, 4) is 0 Å². The minimum absolute atomic E-state index is 0. The largest absolute Gasteiger partial charge is 0.303 e. The first-order valence-corrected chi connectivity index (χ1v) is 13.8. The summed E-state index contributed by atoms with van der Waals surface area (Å²) in [5, 5.41) is 4.35. The molecule has 3 aliphatic rings. The Hall–Kier alpha value is -2.66. The molecular weight excluding hydrogens is 478 g/mol. The maximum absolute atomic E-state index is 14.6.